The zero-order chi connectivity index (χ0) is 18.0. The van der Waals surface area contributed by atoms with E-state index in [0.717, 1.165) is 35.5 Å². The van der Waals surface area contributed by atoms with Gasteiger partial charge in [-0.1, -0.05) is 18.6 Å². The van der Waals surface area contributed by atoms with Crippen molar-refractivity contribution in [2.24, 2.45) is 13.0 Å². The van der Waals surface area contributed by atoms with E-state index in [1.165, 1.54) is 18.6 Å². The molecular formula is C19H25FN4O. The van der Waals surface area contributed by atoms with E-state index in [4.69, 9.17) is 0 Å². The summed E-state index contributed by atoms with van der Waals surface area (Å²) in [6.07, 6.45) is 3.49. The van der Waals surface area contributed by atoms with E-state index in [9.17, 15) is 9.18 Å². The molecule has 0 radical (unpaired) electrons. The van der Waals surface area contributed by atoms with E-state index in [2.05, 4.69) is 15.7 Å². The average Bonchev–Trinajstić information content (AvgIpc) is 2.77. The van der Waals surface area contributed by atoms with Crippen LogP contribution < -0.4 is 10.6 Å². The molecule has 1 aliphatic rings. The first kappa shape index (κ1) is 17.6. The number of halogens is 1. The van der Waals surface area contributed by atoms with Crippen molar-refractivity contribution in [1.82, 2.24) is 15.1 Å². The van der Waals surface area contributed by atoms with Crippen molar-refractivity contribution in [1.29, 1.82) is 0 Å². The first-order chi connectivity index (χ1) is 12.0. The maximum Gasteiger partial charge on any atom is 0.238 e. The van der Waals surface area contributed by atoms with E-state index >= 15 is 0 Å². The number of anilines is 1. The molecule has 1 amide bonds. The van der Waals surface area contributed by atoms with E-state index in [1.54, 1.807) is 16.8 Å². The van der Waals surface area contributed by atoms with Gasteiger partial charge in [-0.25, -0.2) is 4.39 Å². The average molecular weight is 344 g/mol. The number of carbonyl (C=O) groups excluding carboxylic acids is 1. The third kappa shape index (κ3) is 3.90. The number of nitrogens with zero attached hydrogens (tertiary/aromatic N) is 2. The summed E-state index contributed by atoms with van der Waals surface area (Å²) in [6, 6.07) is 6.64. The first-order valence-corrected chi connectivity index (χ1v) is 8.74. The molecule has 1 aromatic heterocycles. The molecule has 1 heterocycles. The highest BCUT2D eigenvalue weighted by Crippen LogP contribution is 2.37. The zero-order valence-corrected chi connectivity index (χ0v) is 15.0. The largest absolute Gasteiger partial charge is 0.322 e. The van der Waals surface area contributed by atoms with Gasteiger partial charge in [-0.2, -0.15) is 5.10 Å². The standard InChI is InChI=1S/C19H25FN4O/c1-12-18(13(2)24(3)23-12)22-17(25)11-21-19(14-5-4-6-14)15-7-9-16(20)10-8-15/h7-10,14,19,21H,4-6,11H2,1-3H3,(H,22,25)/t19-/m0/s1. The molecule has 134 valence electrons. The molecule has 0 saturated heterocycles. The van der Waals surface area contributed by atoms with Crippen LogP contribution in [0.5, 0.6) is 0 Å². The lowest BCUT2D eigenvalue weighted by molar-refractivity contribution is -0.115. The summed E-state index contributed by atoms with van der Waals surface area (Å²) < 4.78 is 14.9. The van der Waals surface area contributed by atoms with Gasteiger partial charge in [0.2, 0.25) is 5.91 Å². The van der Waals surface area contributed by atoms with Gasteiger partial charge >= 0.3 is 0 Å². The van der Waals surface area contributed by atoms with Crippen LogP contribution in [0, 0.1) is 25.6 Å². The Hall–Kier alpha value is -2.21. The fraction of sp³-hybridized carbons (Fsp3) is 0.474. The molecule has 25 heavy (non-hydrogen) atoms. The van der Waals surface area contributed by atoms with Crippen LogP contribution in [0.3, 0.4) is 0 Å². The number of amides is 1. The minimum atomic E-state index is -0.239. The molecule has 3 rings (SSSR count). The summed E-state index contributed by atoms with van der Waals surface area (Å²) in [7, 11) is 1.86. The van der Waals surface area contributed by atoms with Crippen LogP contribution in [-0.4, -0.2) is 22.2 Å². The number of nitrogens with one attached hydrogen (secondary N) is 2. The molecule has 1 saturated carbocycles. The van der Waals surface area contributed by atoms with Crippen molar-refractivity contribution in [2.75, 3.05) is 11.9 Å². The van der Waals surface area contributed by atoms with Gasteiger partial charge in [-0.3, -0.25) is 9.48 Å². The highest BCUT2D eigenvalue weighted by atomic mass is 19.1. The first-order valence-electron chi connectivity index (χ1n) is 8.74. The SMILES string of the molecule is Cc1nn(C)c(C)c1NC(=O)CN[C@H](c1ccc(F)cc1)C1CCC1. The lowest BCUT2D eigenvalue weighted by Crippen LogP contribution is -2.37. The molecule has 1 atom stereocenters. The van der Waals surface area contributed by atoms with Crippen LogP contribution in [0.1, 0.15) is 42.3 Å². The van der Waals surface area contributed by atoms with Crippen molar-refractivity contribution in [2.45, 2.75) is 39.2 Å². The summed E-state index contributed by atoms with van der Waals surface area (Å²) in [5.74, 6) is 0.169. The molecule has 0 aliphatic heterocycles. The second kappa shape index (κ2) is 7.35. The molecule has 0 unspecified atom stereocenters. The Morgan fingerprint density at radius 2 is 2.00 bits per heavy atom. The molecular weight excluding hydrogens is 319 g/mol. The monoisotopic (exact) mass is 344 g/mol. The van der Waals surface area contributed by atoms with Crippen molar-refractivity contribution in [3.8, 4) is 0 Å². The van der Waals surface area contributed by atoms with Gasteiger partial charge in [0.05, 0.1) is 23.6 Å². The number of hydrogen-bond donors (Lipinski definition) is 2. The van der Waals surface area contributed by atoms with Gasteiger partial charge in [0.1, 0.15) is 5.82 Å². The molecule has 1 aliphatic carbocycles. The van der Waals surface area contributed by atoms with Gasteiger partial charge in [0.25, 0.3) is 0 Å². The molecule has 0 spiro atoms. The summed E-state index contributed by atoms with van der Waals surface area (Å²) in [4.78, 5) is 12.4. The summed E-state index contributed by atoms with van der Waals surface area (Å²) in [5, 5.41) is 10.6. The molecule has 2 aromatic rings. The molecule has 2 N–H and O–H groups in total. The fourth-order valence-electron chi connectivity index (χ4n) is 3.34. The third-order valence-corrected chi connectivity index (χ3v) is 5.11. The van der Waals surface area contributed by atoms with Gasteiger partial charge in [-0.05, 0) is 50.3 Å². The Labute approximate surface area is 147 Å². The fourth-order valence-corrected chi connectivity index (χ4v) is 3.34. The lowest BCUT2D eigenvalue weighted by atomic mass is 9.77. The number of aromatic nitrogens is 2. The van der Waals surface area contributed by atoms with Crippen molar-refractivity contribution < 1.29 is 9.18 Å². The van der Waals surface area contributed by atoms with Gasteiger partial charge in [-0.15, -0.1) is 0 Å². The Morgan fingerprint density at radius 3 is 2.52 bits per heavy atom. The van der Waals surface area contributed by atoms with Crippen LogP contribution in [0.4, 0.5) is 10.1 Å². The van der Waals surface area contributed by atoms with Gasteiger partial charge in [0, 0.05) is 13.1 Å². The van der Waals surface area contributed by atoms with Gasteiger partial charge < -0.3 is 10.6 Å². The zero-order valence-electron chi connectivity index (χ0n) is 15.0. The Balaban J connectivity index is 1.64. The van der Waals surface area contributed by atoms with E-state index in [0.29, 0.717) is 5.92 Å². The number of benzene rings is 1. The van der Waals surface area contributed by atoms with Crippen LogP contribution in [-0.2, 0) is 11.8 Å². The molecule has 1 fully saturated rings. The lowest BCUT2D eigenvalue weighted by Gasteiger charge is -2.34. The normalized spacial score (nSPS) is 15.7. The number of hydrogen-bond acceptors (Lipinski definition) is 3. The molecule has 0 bridgehead atoms. The quantitative estimate of drug-likeness (QED) is 0.846. The Morgan fingerprint density at radius 1 is 1.32 bits per heavy atom. The highest BCUT2D eigenvalue weighted by Gasteiger charge is 2.28. The van der Waals surface area contributed by atoms with Crippen LogP contribution in [0.2, 0.25) is 0 Å². The van der Waals surface area contributed by atoms with Crippen LogP contribution in [0.25, 0.3) is 0 Å². The van der Waals surface area contributed by atoms with E-state index in [-0.39, 0.29) is 24.3 Å². The minimum absolute atomic E-state index is 0.0798. The van der Waals surface area contributed by atoms with Crippen LogP contribution in [0.15, 0.2) is 24.3 Å². The highest BCUT2D eigenvalue weighted by molar-refractivity contribution is 5.93. The molecule has 5 nitrogen and oxygen atoms in total. The predicted molar refractivity (Wildman–Crippen MR) is 95.8 cm³/mol. The summed E-state index contributed by atoms with van der Waals surface area (Å²) in [6.45, 7) is 4.02. The summed E-state index contributed by atoms with van der Waals surface area (Å²) in [5.41, 5.74) is 3.55. The second-order valence-electron chi connectivity index (χ2n) is 6.82. The number of carbonyl (C=O) groups is 1. The maximum absolute atomic E-state index is 13.2. The molecule has 1 aromatic carbocycles. The second-order valence-corrected chi connectivity index (χ2v) is 6.82. The Kier molecular flexibility index (Phi) is 5.18. The van der Waals surface area contributed by atoms with Crippen LogP contribution >= 0.6 is 0 Å². The molecule has 6 heteroatoms. The number of aryl methyl sites for hydroxylation is 2. The smallest absolute Gasteiger partial charge is 0.238 e. The topological polar surface area (TPSA) is 59.0 Å². The van der Waals surface area contributed by atoms with Crippen molar-refractivity contribution in [3.05, 3.63) is 47.0 Å². The Bertz CT molecular complexity index is 750. The van der Waals surface area contributed by atoms with Crippen molar-refractivity contribution >= 4 is 11.6 Å². The number of rotatable bonds is 6. The minimum Gasteiger partial charge on any atom is -0.322 e. The van der Waals surface area contributed by atoms with E-state index in [1.807, 2.05) is 20.9 Å². The third-order valence-electron chi connectivity index (χ3n) is 5.11. The van der Waals surface area contributed by atoms with E-state index < -0.39 is 0 Å². The predicted octanol–water partition coefficient (Wildman–Crippen LogP) is 3.25. The van der Waals surface area contributed by atoms with Crippen molar-refractivity contribution in [3.63, 3.8) is 0 Å². The summed E-state index contributed by atoms with van der Waals surface area (Å²) >= 11 is 0. The maximum atomic E-state index is 13.2. The van der Waals surface area contributed by atoms with Gasteiger partial charge in [0.15, 0.2) is 0 Å².